The molecule has 0 bridgehead atoms. The summed E-state index contributed by atoms with van der Waals surface area (Å²) < 4.78 is 0. The molecule has 0 spiro atoms. The lowest BCUT2D eigenvalue weighted by Crippen LogP contribution is -2.29. The number of rotatable bonds is 0. The van der Waals surface area contributed by atoms with Crippen molar-refractivity contribution in [3.05, 3.63) is 63.5 Å². The molecule has 19 heavy (non-hydrogen) atoms. The van der Waals surface area contributed by atoms with Crippen LogP contribution in [0.1, 0.15) is 0 Å². The average Bonchev–Trinajstić information content (AvgIpc) is 2.59. The van der Waals surface area contributed by atoms with Gasteiger partial charge in [0.2, 0.25) is 0 Å². The molecule has 0 saturated carbocycles. The Morgan fingerprint density at radius 2 is 2.32 bits per heavy atom. The van der Waals surface area contributed by atoms with Crippen LogP contribution in [0.4, 0.5) is 0 Å². The molecule has 0 amide bonds. The lowest BCUT2D eigenvalue weighted by molar-refractivity contribution is 0.979. The highest BCUT2D eigenvalue weighted by atomic mass is 32.2. The molecule has 1 aromatic rings. The van der Waals surface area contributed by atoms with Crippen molar-refractivity contribution in [3.8, 4) is 0 Å². The van der Waals surface area contributed by atoms with Gasteiger partial charge in [-0.3, -0.25) is 4.99 Å². The minimum atomic E-state index is 0.531. The number of nitrogens with zero attached hydrogens (tertiary/aromatic N) is 4. The molecule has 0 aromatic carbocycles. The van der Waals surface area contributed by atoms with Crippen LogP contribution in [-0.4, -0.2) is 22.4 Å². The van der Waals surface area contributed by atoms with Gasteiger partial charge in [-0.25, -0.2) is 9.97 Å². The highest BCUT2D eigenvalue weighted by molar-refractivity contribution is 8.07. The first-order valence-corrected chi connectivity index (χ1v) is 6.53. The number of thioether (sulfide) groups is 1. The van der Waals surface area contributed by atoms with Gasteiger partial charge < -0.3 is 0 Å². The van der Waals surface area contributed by atoms with Crippen molar-refractivity contribution in [1.29, 1.82) is 0 Å². The molecule has 4 nitrogen and oxygen atoms in total. The van der Waals surface area contributed by atoms with Crippen LogP contribution in [0.2, 0.25) is 0 Å². The molecule has 0 unspecified atom stereocenters. The molecular weight excluding hydrogens is 256 g/mol. The fourth-order valence-corrected chi connectivity index (χ4v) is 2.51. The molecular formula is C14H10N4S. The van der Waals surface area contributed by atoms with E-state index in [4.69, 9.17) is 0 Å². The van der Waals surface area contributed by atoms with Crippen molar-refractivity contribution in [3.63, 3.8) is 0 Å². The zero-order chi connectivity index (χ0) is 13.1. The minimum absolute atomic E-state index is 0.531. The number of fused-ring (bicyclic) bond motifs is 1. The lowest BCUT2D eigenvalue weighted by Gasteiger charge is -2.03. The molecule has 2 aliphatic heterocycles. The van der Waals surface area contributed by atoms with E-state index in [0.29, 0.717) is 12.0 Å². The molecule has 1 aromatic heterocycles. The van der Waals surface area contributed by atoms with Gasteiger partial charge in [0.1, 0.15) is 11.4 Å². The van der Waals surface area contributed by atoms with Gasteiger partial charge in [-0.15, -0.1) is 0 Å². The third kappa shape index (κ3) is 2.62. The van der Waals surface area contributed by atoms with Gasteiger partial charge in [-0.2, -0.15) is 4.99 Å². The molecule has 92 valence electrons. The van der Waals surface area contributed by atoms with E-state index >= 15 is 0 Å². The van der Waals surface area contributed by atoms with Gasteiger partial charge in [0.25, 0.3) is 0 Å². The summed E-state index contributed by atoms with van der Waals surface area (Å²) in [6.45, 7) is 4.56. The highest BCUT2D eigenvalue weighted by Gasteiger charge is 2.08. The van der Waals surface area contributed by atoms with E-state index in [1.807, 2.05) is 18.2 Å². The number of aromatic nitrogens is 2. The Labute approximate surface area is 114 Å². The first-order chi connectivity index (χ1) is 9.33. The maximum absolute atomic E-state index is 4.52. The van der Waals surface area contributed by atoms with Gasteiger partial charge in [-0.1, -0.05) is 30.5 Å². The summed E-state index contributed by atoms with van der Waals surface area (Å²) in [7, 11) is 0. The van der Waals surface area contributed by atoms with Crippen molar-refractivity contribution < 1.29 is 0 Å². The van der Waals surface area contributed by atoms with Crippen LogP contribution in [0.15, 0.2) is 62.8 Å². The van der Waals surface area contributed by atoms with E-state index < -0.39 is 0 Å². The Morgan fingerprint density at radius 3 is 3.26 bits per heavy atom. The Kier molecular flexibility index (Phi) is 3.23. The van der Waals surface area contributed by atoms with Crippen LogP contribution in [0.5, 0.6) is 0 Å². The molecule has 0 N–H and O–H groups in total. The van der Waals surface area contributed by atoms with Crippen LogP contribution in [0, 0.1) is 0 Å². The Balaban J connectivity index is 2.18. The summed E-state index contributed by atoms with van der Waals surface area (Å²) >= 11 is 1.51. The van der Waals surface area contributed by atoms with Crippen LogP contribution < -0.4 is 10.7 Å². The average molecular weight is 266 g/mol. The molecule has 2 aliphatic rings. The Morgan fingerprint density at radius 1 is 1.37 bits per heavy atom. The van der Waals surface area contributed by atoms with Crippen molar-refractivity contribution in [2.75, 3.05) is 6.54 Å². The monoisotopic (exact) mass is 266 g/mol. The topological polar surface area (TPSA) is 50.5 Å². The fourth-order valence-electron chi connectivity index (χ4n) is 1.71. The van der Waals surface area contributed by atoms with Crippen LogP contribution >= 0.6 is 11.8 Å². The van der Waals surface area contributed by atoms with E-state index in [1.54, 1.807) is 12.3 Å². The molecule has 0 radical (unpaired) electrons. The Hall–Kier alpha value is -2.23. The molecule has 3 rings (SSSR count). The third-order valence-electron chi connectivity index (χ3n) is 2.57. The van der Waals surface area contributed by atoms with Crippen molar-refractivity contribution in [1.82, 2.24) is 9.97 Å². The van der Waals surface area contributed by atoms with E-state index in [0.717, 1.165) is 20.7 Å². The normalized spacial score (nSPS) is 19.2. The van der Waals surface area contributed by atoms with Crippen LogP contribution in [-0.2, 0) is 0 Å². The maximum atomic E-state index is 4.52. The quantitative estimate of drug-likeness (QED) is 0.707. The zero-order valence-electron chi connectivity index (χ0n) is 10.1. The summed E-state index contributed by atoms with van der Waals surface area (Å²) in [5.41, 5.74) is 1.72. The first-order valence-electron chi connectivity index (χ1n) is 5.71. The lowest BCUT2D eigenvalue weighted by atomic mass is 10.2. The Bertz CT molecular complexity index is 780. The minimum Gasteiger partial charge on any atom is -0.261 e. The second-order valence-electron chi connectivity index (χ2n) is 3.93. The summed E-state index contributed by atoms with van der Waals surface area (Å²) in [5.74, 6) is 2.87. The van der Waals surface area contributed by atoms with Crippen LogP contribution in [0.25, 0.3) is 6.08 Å². The number of aliphatic imine (C=N–C) groups is 1. The maximum Gasteiger partial charge on any atom is 0.158 e. The van der Waals surface area contributed by atoms with E-state index in [-0.39, 0.29) is 0 Å². The summed E-state index contributed by atoms with van der Waals surface area (Å²) in [6, 6.07) is 0. The number of allylic oxidation sites excluding steroid dienone is 3. The van der Waals surface area contributed by atoms with Crippen molar-refractivity contribution in [2.24, 2.45) is 9.98 Å². The van der Waals surface area contributed by atoms with Gasteiger partial charge in [0, 0.05) is 21.9 Å². The first kappa shape index (κ1) is 11.8. The molecule has 3 heterocycles. The van der Waals surface area contributed by atoms with Crippen molar-refractivity contribution >= 4 is 23.7 Å². The predicted octanol–water partition coefficient (Wildman–Crippen LogP) is 1.14. The number of hydrogen-bond donors (Lipinski definition) is 0. The van der Waals surface area contributed by atoms with E-state index in [1.165, 1.54) is 18.1 Å². The second-order valence-corrected chi connectivity index (χ2v) is 5.04. The van der Waals surface area contributed by atoms with E-state index in [2.05, 4.69) is 32.4 Å². The fraction of sp³-hybridized carbons (Fsp3) is 0.0714. The second kappa shape index (κ2) is 5.18. The third-order valence-corrected chi connectivity index (χ3v) is 3.50. The molecule has 0 fully saturated rings. The smallest absolute Gasteiger partial charge is 0.158 e. The van der Waals surface area contributed by atoms with Crippen molar-refractivity contribution in [2.45, 2.75) is 0 Å². The van der Waals surface area contributed by atoms with Gasteiger partial charge >= 0.3 is 0 Å². The standard InChI is InChI=1S/C14H10N4S/c1-10-6-12-7-15-9-18-13(12)17-8-11-4-2-3-5-16-14(11)19-10/h2-4,6-7,9H,1,8H2/b12-6-,17-13?. The zero-order valence-corrected chi connectivity index (χ0v) is 10.9. The van der Waals surface area contributed by atoms with E-state index in [9.17, 15) is 0 Å². The predicted molar refractivity (Wildman–Crippen MR) is 77.0 cm³/mol. The largest absolute Gasteiger partial charge is 0.261 e. The highest BCUT2D eigenvalue weighted by Crippen LogP contribution is 2.30. The number of hydrogen-bond acceptors (Lipinski definition) is 5. The van der Waals surface area contributed by atoms with Gasteiger partial charge in [0.05, 0.1) is 6.54 Å². The van der Waals surface area contributed by atoms with Gasteiger partial charge in [-0.05, 0) is 18.0 Å². The molecule has 0 aliphatic carbocycles. The summed E-state index contributed by atoms with van der Waals surface area (Å²) in [5, 5.41) is 1.75. The summed E-state index contributed by atoms with van der Waals surface area (Å²) in [6.07, 6.45) is 10.9. The van der Waals surface area contributed by atoms with Crippen LogP contribution in [0.3, 0.4) is 0 Å². The SMILES string of the molecule is C=C1/C=c2/cncnc2=NCC2=C(N=C=CC=C2)S1. The molecule has 0 atom stereocenters. The molecule has 5 heteroatoms. The summed E-state index contributed by atoms with van der Waals surface area (Å²) in [4.78, 5) is 17.9. The molecule has 0 saturated heterocycles. The van der Waals surface area contributed by atoms with Gasteiger partial charge in [0.15, 0.2) is 5.49 Å².